The molecule has 1 saturated heterocycles. The summed E-state index contributed by atoms with van der Waals surface area (Å²) in [6.45, 7) is 1.89. The van der Waals surface area contributed by atoms with Crippen LogP contribution in [0.15, 0.2) is 35.2 Å². The first-order valence-electron chi connectivity index (χ1n) is 9.42. The van der Waals surface area contributed by atoms with E-state index in [0.717, 1.165) is 0 Å². The zero-order valence-corrected chi connectivity index (χ0v) is 16.6. The number of hydrogen-bond donors (Lipinski definition) is 1. The zero-order chi connectivity index (χ0) is 20.6. The Kier molecular flexibility index (Phi) is 7.07. The van der Waals surface area contributed by atoms with E-state index in [4.69, 9.17) is 18.6 Å². The summed E-state index contributed by atoms with van der Waals surface area (Å²) in [5.41, 5.74) is 0.432. The number of carbonyl (C=O) groups is 2. The minimum Gasteiger partial charge on any atom is -0.497 e. The number of nitrogens with one attached hydrogen (secondary N) is 1. The maximum atomic E-state index is 12.5. The number of methoxy groups -OCH3 is 2. The molecule has 0 unspecified atom stereocenters. The van der Waals surface area contributed by atoms with Gasteiger partial charge in [-0.1, -0.05) is 0 Å². The van der Waals surface area contributed by atoms with Gasteiger partial charge in [-0.3, -0.25) is 9.59 Å². The third kappa shape index (κ3) is 5.26. The lowest BCUT2D eigenvalue weighted by Crippen LogP contribution is -2.41. The largest absolute Gasteiger partial charge is 0.497 e. The summed E-state index contributed by atoms with van der Waals surface area (Å²) in [6, 6.07) is 5.10. The Balaban J connectivity index is 1.63. The van der Waals surface area contributed by atoms with Gasteiger partial charge in [0.15, 0.2) is 6.39 Å². The summed E-state index contributed by atoms with van der Waals surface area (Å²) in [5, 5.41) is 2.80. The molecule has 2 aromatic rings. The van der Waals surface area contributed by atoms with Crippen molar-refractivity contribution in [2.75, 3.05) is 40.5 Å². The highest BCUT2D eigenvalue weighted by Gasteiger charge is 2.27. The lowest BCUT2D eigenvalue weighted by Gasteiger charge is -2.32. The molecule has 0 spiro atoms. The van der Waals surface area contributed by atoms with Gasteiger partial charge in [0.05, 0.1) is 25.5 Å². The normalized spacial score (nSPS) is 14.5. The van der Waals surface area contributed by atoms with Crippen LogP contribution in [-0.2, 0) is 4.74 Å². The number of amides is 2. The van der Waals surface area contributed by atoms with Crippen LogP contribution in [-0.4, -0.2) is 68.3 Å². The number of ether oxygens (including phenoxy) is 3. The third-order valence-corrected chi connectivity index (χ3v) is 4.69. The lowest BCUT2D eigenvalue weighted by atomic mass is 10.1. The van der Waals surface area contributed by atoms with Crippen LogP contribution in [0.2, 0.25) is 0 Å². The minimum atomic E-state index is -0.238. The van der Waals surface area contributed by atoms with Gasteiger partial charge in [0, 0.05) is 45.7 Å². The van der Waals surface area contributed by atoms with E-state index in [0.29, 0.717) is 56.1 Å². The van der Waals surface area contributed by atoms with Crippen molar-refractivity contribution < 1.29 is 28.2 Å². The molecule has 2 heterocycles. The van der Waals surface area contributed by atoms with Crippen molar-refractivity contribution in [3.8, 4) is 11.5 Å². The highest BCUT2D eigenvalue weighted by molar-refractivity contribution is 5.97. The molecular formula is C20H25N3O6. The van der Waals surface area contributed by atoms with Crippen LogP contribution in [0.1, 0.15) is 33.8 Å². The third-order valence-electron chi connectivity index (χ3n) is 4.69. The van der Waals surface area contributed by atoms with Crippen molar-refractivity contribution in [2.45, 2.75) is 18.9 Å². The Hall–Kier alpha value is -3.07. The summed E-state index contributed by atoms with van der Waals surface area (Å²) in [5.74, 6) is 0.871. The highest BCUT2D eigenvalue weighted by Crippen LogP contribution is 2.28. The van der Waals surface area contributed by atoms with Gasteiger partial charge >= 0.3 is 0 Å². The fraction of sp³-hybridized carbons (Fsp3) is 0.450. The van der Waals surface area contributed by atoms with E-state index >= 15 is 0 Å². The minimum absolute atomic E-state index is 0.119. The predicted octanol–water partition coefficient (Wildman–Crippen LogP) is 1.74. The number of benzene rings is 1. The van der Waals surface area contributed by atoms with Crippen molar-refractivity contribution in [1.29, 1.82) is 0 Å². The molecule has 1 aromatic carbocycles. The molecule has 3 rings (SSSR count). The van der Waals surface area contributed by atoms with Gasteiger partial charge in [0.25, 0.3) is 11.8 Å². The molecular weight excluding hydrogens is 378 g/mol. The highest BCUT2D eigenvalue weighted by atomic mass is 16.5. The summed E-state index contributed by atoms with van der Waals surface area (Å²) < 4.78 is 21.4. The smallest absolute Gasteiger partial charge is 0.291 e. The molecule has 1 aliphatic rings. The van der Waals surface area contributed by atoms with Gasteiger partial charge < -0.3 is 28.8 Å². The first kappa shape index (κ1) is 20.7. The fourth-order valence-corrected chi connectivity index (χ4v) is 3.11. The molecule has 1 aliphatic heterocycles. The molecule has 0 bridgehead atoms. The molecule has 29 heavy (non-hydrogen) atoms. The van der Waals surface area contributed by atoms with Gasteiger partial charge in [-0.05, 0) is 12.1 Å². The average Bonchev–Trinajstić information content (AvgIpc) is 3.28. The molecule has 1 N–H and O–H groups in total. The zero-order valence-electron chi connectivity index (χ0n) is 16.6. The standard InChI is InChI=1S/C20H25N3O6/c1-26-10-7-22-19(24)16-4-3-15(27-2)11-17(16)29-14-5-8-23(9-6-14)20(25)18-12-21-13-28-18/h3-4,11-14H,5-10H2,1-2H3,(H,22,24). The number of aromatic nitrogens is 1. The Labute approximate surface area is 168 Å². The van der Waals surface area contributed by atoms with Crippen LogP contribution in [0, 0.1) is 0 Å². The second-order valence-corrected chi connectivity index (χ2v) is 6.59. The maximum absolute atomic E-state index is 12.5. The summed E-state index contributed by atoms with van der Waals surface area (Å²) in [6.07, 6.45) is 3.82. The SMILES string of the molecule is COCCNC(=O)c1ccc(OC)cc1OC1CCN(C(=O)c2cnco2)CC1. The molecule has 1 aromatic heterocycles. The molecule has 0 aliphatic carbocycles. The van der Waals surface area contributed by atoms with E-state index in [1.807, 2.05) is 0 Å². The van der Waals surface area contributed by atoms with E-state index < -0.39 is 0 Å². The van der Waals surface area contributed by atoms with Crippen LogP contribution in [0.5, 0.6) is 11.5 Å². The summed E-state index contributed by atoms with van der Waals surface area (Å²) in [7, 11) is 3.14. The van der Waals surface area contributed by atoms with E-state index in [-0.39, 0.29) is 23.7 Å². The van der Waals surface area contributed by atoms with Gasteiger partial charge in [0.2, 0.25) is 5.76 Å². The number of likely N-dealkylation sites (tertiary alicyclic amines) is 1. The molecule has 0 saturated carbocycles. The van der Waals surface area contributed by atoms with Crippen molar-refractivity contribution in [3.63, 3.8) is 0 Å². The Bertz CT molecular complexity index is 816. The first-order chi connectivity index (χ1) is 14.1. The quantitative estimate of drug-likeness (QED) is 0.670. The van der Waals surface area contributed by atoms with E-state index in [1.54, 1.807) is 37.3 Å². The Morgan fingerprint density at radius 3 is 2.72 bits per heavy atom. The number of piperidine rings is 1. The topological polar surface area (TPSA) is 103 Å². The molecule has 9 nitrogen and oxygen atoms in total. The maximum Gasteiger partial charge on any atom is 0.291 e. The molecule has 1 fully saturated rings. The van der Waals surface area contributed by atoms with E-state index in [1.165, 1.54) is 12.6 Å². The lowest BCUT2D eigenvalue weighted by molar-refractivity contribution is 0.0564. The molecule has 9 heteroatoms. The van der Waals surface area contributed by atoms with E-state index in [9.17, 15) is 9.59 Å². The monoisotopic (exact) mass is 403 g/mol. The average molecular weight is 403 g/mol. The van der Waals surface area contributed by atoms with Crippen molar-refractivity contribution >= 4 is 11.8 Å². The van der Waals surface area contributed by atoms with Crippen LogP contribution in [0.4, 0.5) is 0 Å². The number of nitrogens with zero attached hydrogens (tertiary/aromatic N) is 2. The van der Waals surface area contributed by atoms with Gasteiger partial charge in [-0.25, -0.2) is 4.98 Å². The van der Waals surface area contributed by atoms with Crippen LogP contribution in [0.3, 0.4) is 0 Å². The first-order valence-corrected chi connectivity index (χ1v) is 9.42. The second kappa shape index (κ2) is 9.92. The van der Waals surface area contributed by atoms with Gasteiger partial charge in [-0.2, -0.15) is 0 Å². The van der Waals surface area contributed by atoms with Crippen molar-refractivity contribution in [3.05, 3.63) is 42.1 Å². The molecule has 0 atom stereocenters. The van der Waals surface area contributed by atoms with Gasteiger partial charge in [-0.15, -0.1) is 0 Å². The fourth-order valence-electron chi connectivity index (χ4n) is 3.11. The Morgan fingerprint density at radius 1 is 1.28 bits per heavy atom. The molecule has 0 radical (unpaired) electrons. The van der Waals surface area contributed by atoms with Crippen molar-refractivity contribution in [1.82, 2.24) is 15.2 Å². The van der Waals surface area contributed by atoms with Crippen LogP contribution >= 0.6 is 0 Å². The Morgan fingerprint density at radius 2 is 2.07 bits per heavy atom. The number of rotatable bonds is 8. The van der Waals surface area contributed by atoms with Crippen LogP contribution in [0.25, 0.3) is 0 Å². The van der Waals surface area contributed by atoms with E-state index in [2.05, 4.69) is 10.3 Å². The van der Waals surface area contributed by atoms with Crippen molar-refractivity contribution in [2.24, 2.45) is 0 Å². The van der Waals surface area contributed by atoms with Gasteiger partial charge in [0.1, 0.15) is 17.6 Å². The predicted molar refractivity (Wildman–Crippen MR) is 103 cm³/mol. The number of hydrogen-bond acceptors (Lipinski definition) is 7. The molecule has 156 valence electrons. The second-order valence-electron chi connectivity index (χ2n) is 6.59. The number of carbonyl (C=O) groups excluding carboxylic acids is 2. The molecule has 2 amide bonds. The summed E-state index contributed by atoms with van der Waals surface area (Å²) in [4.78, 5) is 30.3. The summed E-state index contributed by atoms with van der Waals surface area (Å²) >= 11 is 0. The number of oxazole rings is 1. The van der Waals surface area contributed by atoms with Crippen LogP contribution < -0.4 is 14.8 Å².